The number of nitrogens with two attached hydrogens (primary N) is 1. The lowest BCUT2D eigenvalue weighted by Gasteiger charge is -2.20. The molecule has 0 fully saturated rings. The molecule has 78 valence electrons. The Morgan fingerprint density at radius 1 is 1.29 bits per heavy atom. The highest BCUT2D eigenvalue weighted by atomic mass is 16.3. The smallest absolute Gasteiger partial charge is 0.0744 e. The molecular formula is C12H19NO. The number of hydrogen-bond acceptors (Lipinski definition) is 2. The SMILES string of the molecule is Cc1ccc(CCC(C)(O)CN)cc1. The highest BCUT2D eigenvalue weighted by molar-refractivity contribution is 5.21. The molecule has 0 aromatic heterocycles. The third-order valence-electron chi connectivity index (χ3n) is 2.51. The van der Waals surface area contributed by atoms with Gasteiger partial charge in [-0.2, -0.15) is 0 Å². The van der Waals surface area contributed by atoms with Gasteiger partial charge < -0.3 is 10.8 Å². The van der Waals surface area contributed by atoms with Crippen molar-refractivity contribution in [3.63, 3.8) is 0 Å². The summed E-state index contributed by atoms with van der Waals surface area (Å²) >= 11 is 0. The third kappa shape index (κ3) is 3.48. The minimum Gasteiger partial charge on any atom is -0.389 e. The topological polar surface area (TPSA) is 46.2 Å². The second-order valence-electron chi connectivity index (χ2n) is 4.19. The quantitative estimate of drug-likeness (QED) is 0.763. The van der Waals surface area contributed by atoms with Gasteiger partial charge in [0.2, 0.25) is 0 Å². The molecule has 1 aromatic rings. The largest absolute Gasteiger partial charge is 0.389 e. The summed E-state index contributed by atoms with van der Waals surface area (Å²) in [6.07, 6.45) is 1.59. The lowest BCUT2D eigenvalue weighted by molar-refractivity contribution is 0.0603. The van der Waals surface area contributed by atoms with Gasteiger partial charge in [0, 0.05) is 6.54 Å². The van der Waals surface area contributed by atoms with Crippen LogP contribution in [0, 0.1) is 6.92 Å². The fourth-order valence-corrected chi connectivity index (χ4v) is 1.27. The standard InChI is InChI=1S/C12H19NO/c1-10-3-5-11(6-4-10)7-8-12(2,14)9-13/h3-6,14H,7-9,13H2,1-2H3. The van der Waals surface area contributed by atoms with Crippen LogP contribution in [-0.2, 0) is 6.42 Å². The summed E-state index contributed by atoms with van der Waals surface area (Å²) in [4.78, 5) is 0. The van der Waals surface area contributed by atoms with E-state index in [1.807, 2.05) is 0 Å². The molecule has 0 bridgehead atoms. The predicted molar refractivity (Wildman–Crippen MR) is 59.2 cm³/mol. The van der Waals surface area contributed by atoms with Gasteiger partial charge in [-0.3, -0.25) is 0 Å². The Morgan fingerprint density at radius 3 is 2.36 bits per heavy atom. The summed E-state index contributed by atoms with van der Waals surface area (Å²) in [7, 11) is 0. The first kappa shape index (κ1) is 11.2. The van der Waals surface area contributed by atoms with Crippen molar-refractivity contribution < 1.29 is 5.11 Å². The average molecular weight is 193 g/mol. The van der Waals surface area contributed by atoms with E-state index in [1.165, 1.54) is 11.1 Å². The normalized spacial score (nSPS) is 15.1. The van der Waals surface area contributed by atoms with E-state index in [1.54, 1.807) is 6.92 Å². The van der Waals surface area contributed by atoms with Crippen molar-refractivity contribution in [2.24, 2.45) is 5.73 Å². The lowest BCUT2D eigenvalue weighted by Crippen LogP contribution is -2.34. The van der Waals surface area contributed by atoms with Crippen LogP contribution in [0.4, 0.5) is 0 Å². The van der Waals surface area contributed by atoms with Crippen molar-refractivity contribution in [1.29, 1.82) is 0 Å². The summed E-state index contributed by atoms with van der Waals surface area (Å²) in [6, 6.07) is 8.38. The van der Waals surface area contributed by atoms with Crippen LogP contribution in [0.2, 0.25) is 0 Å². The maximum absolute atomic E-state index is 9.71. The Morgan fingerprint density at radius 2 is 1.86 bits per heavy atom. The van der Waals surface area contributed by atoms with Crippen molar-refractivity contribution in [1.82, 2.24) is 0 Å². The highest BCUT2D eigenvalue weighted by Crippen LogP contribution is 2.13. The summed E-state index contributed by atoms with van der Waals surface area (Å²) in [5, 5.41) is 9.71. The molecule has 0 saturated heterocycles. The Labute approximate surface area is 85.8 Å². The number of aryl methyl sites for hydroxylation is 2. The van der Waals surface area contributed by atoms with Crippen LogP contribution in [0.1, 0.15) is 24.5 Å². The van der Waals surface area contributed by atoms with Gasteiger partial charge in [-0.1, -0.05) is 29.8 Å². The molecule has 1 rings (SSSR count). The Balaban J connectivity index is 2.50. The van der Waals surface area contributed by atoms with Crippen molar-refractivity contribution in [3.8, 4) is 0 Å². The van der Waals surface area contributed by atoms with E-state index in [4.69, 9.17) is 5.73 Å². The first-order chi connectivity index (χ1) is 6.53. The van der Waals surface area contributed by atoms with Crippen LogP contribution < -0.4 is 5.73 Å². The van der Waals surface area contributed by atoms with Crippen molar-refractivity contribution in [3.05, 3.63) is 35.4 Å². The molecule has 0 radical (unpaired) electrons. The Kier molecular flexibility index (Phi) is 3.67. The van der Waals surface area contributed by atoms with E-state index in [2.05, 4.69) is 31.2 Å². The van der Waals surface area contributed by atoms with Gasteiger partial charge in [-0.15, -0.1) is 0 Å². The van der Waals surface area contributed by atoms with E-state index < -0.39 is 5.60 Å². The summed E-state index contributed by atoms with van der Waals surface area (Å²) in [5.74, 6) is 0. The number of hydrogen-bond donors (Lipinski definition) is 2. The summed E-state index contributed by atoms with van der Waals surface area (Å²) in [6.45, 7) is 4.17. The Bertz CT molecular complexity index is 277. The van der Waals surface area contributed by atoms with E-state index >= 15 is 0 Å². The van der Waals surface area contributed by atoms with Gasteiger partial charge in [0.05, 0.1) is 5.60 Å². The fourth-order valence-electron chi connectivity index (χ4n) is 1.27. The molecule has 1 atom stereocenters. The maximum Gasteiger partial charge on any atom is 0.0744 e. The molecule has 0 aliphatic carbocycles. The molecule has 0 saturated carbocycles. The van der Waals surface area contributed by atoms with Crippen LogP contribution in [0.25, 0.3) is 0 Å². The van der Waals surface area contributed by atoms with Gasteiger partial charge in [0.1, 0.15) is 0 Å². The zero-order valence-electron chi connectivity index (χ0n) is 8.96. The second-order valence-corrected chi connectivity index (χ2v) is 4.19. The molecule has 14 heavy (non-hydrogen) atoms. The van der Waals surface area contributed by atoms with Crippen LogP contribution in [0.5, 0.6) is 0 Å². The molecular weight excluding hydrogens is 174 g/mol. The van der Waals surface area contributed by atoms with Crippen LogP contribution >= 0.6 is 0 Å². The zero-order valence-corrected chi connectivity index (χ0v) is 8.96. The molecule has 0 aliphatic rings. The van der Waals surface area contributed by atoms with E-state index in [0.717, 1.165) is 6.42 Å². The molecule has 0 spiro atoms. The van der Waals surface area contributed by atoms with Crippen molar-refractivity contribution in [2.75, 3.05) is 6.54 Å². The first-order valence-electron chi connectivity index (χ1n) is 5.01. The van der Waals surface area contributed by atoms with Gasteiger partial charge in [-0.05, 0) is 32.3 Å². The minimum atomic E-state index is -0.731. The Hall–Kier alpha value is -0.860. The number of rotatable bonds is 4. The monoisotopic (exact) mass is 193 g/mol. The first-order valence-corrected chi connectivity index (χ1v) is 5.01. The van der Waals surface area contributed by atoms with E-state index in [-0.39, 0.29) is 0 Å². The molecule has 2 nitrogen and oxygen atoms in total. The summed E-state index contributed by atoms with van der Waals surface area (Å²) in [5.41, 5.74) is 7.23. The number of benzene rings is 1. The van der Waals surface area contributed by atoms with E-state index in [0.29, 0.717) is 13.0 Å². The molecule has 2 heteroatoms. The molecule has 1 aromatic carbocycles. The van der Waals surface area contributed by atoms with Gasteiger partial charge >= 0.3 is 0 Å². The van der Waals surface area contributed by atoms with E-state index in [9.17, 15) is 5.11 Å². The van der Waals surface area contributed by atoms with Gasteiger partial charge in [0.15, 0.2) is 0 Å². The predicted octanol–water partition coefficient (Wildman–Crippen LogP) is 1.64. The van der Waals surface area contributed by atoms with Crippen LogP contribution in [0.15, 0.2) is 24.3 Å². The summed E-state index contributed by atoms with van der Waals surface area (Å²) < 4.78 is 0. The molecule has 1 unspecified atom stereocenters. The zero-order chi connectivity index (χ0) is 10.6. The molecule has 0 heterocycles. The van der Waals surface area contributed by atoms with Crippen LogP contribution in [0.3, 0.4) is 0 Å². The molecule has 0 amide bonds. The average Bonchev–Trinajstić information content (AvgIpc) is 2.17. The van der Waals surface area contributed by atoms with Crippen molar-refractivity contribution in [2.45, 2.75) is 32.3 Å². The highest BCUT2D eigenvalue weighted by Gasteiger charge is 2.17. The van der Waals surface area contributed by atoms with Crippen molar-refractivity contribution >= 4 is 0 Å². The fraction of sp³-hybridized carbons (Fsp3) is 0.500. The second kappa shape index (κ2) is 4.58. The molecule has 3 N–H and O–H groups in total. The minimum absolute atomic E-state index is 0.318. The lowest BCUT2D eigenvalue weighted by atomic mass is 9.97. The number of aliphatic hydroxyl groups is 1. The van der Waals surface area contributed by atoms with Gasteiger partial charge in [-0.25, -0.2) is 0 Å². The van der Waals surface area contributed by atoms with Crippen LogP contribution in [-0.4, -0.2) is 17.3 Å². The third-order valence-corrected chi connectivity index (χ3v) is 2.51. The molecule has 0 aliphatic heterocycles. The van der Waals surface area contributed by atoms with Gasteiger partial charge in [0.25, 0.3) is 0 Å². The maximum atomic E-state index is 9.71.